The lowest BCUT2D eigenvalue weighted by Crippen LogP contribution is -2.52. The Kier molecular flexibility index (Phi) is 9.39. The molecule has 0 aromatic heterocycles. The zero-order valence-corrected chi connectivity index (χ0v) is 18.1. The summed E-state index contributed by atoms with van der Waals surface area (Å²) in [5, 5.41) is 7.65. The molecule has 152 valence electrons. The van der Waals surface area contributed by atoms with Gasteiger partial charge in [0.15, 0.2) is 5.96 Å². The van der Waals surface area contributed by atoms with E-state index in [1.54, 1.807) is 0 Å². The summed E-state index contributed by atoms with van der Waals surface area (Å²) in [6.45, 7) is 13.7. The van der Waals surface area contributed by atoms with Crippen molar-refractivity contribution in [3.05, 3.63) is 34.9 Å². The van der Waals surface area contributed by atoms with Crippen molar-refractivity contribution >= 4 is 17.6 Å². The Morgan fingerprint density at radius 2 is 1.85 bits per heavy atom. The van der Waals surface area contributed by atoms with Crippen LogP contribution in [-0.2, 0) is 6.42 Å². The van der Waals surface area contributed by atoms with Crippen LogP contribution in [0.2, 0.25) is 5.02 Å². The molecular weight excluding hydrogens is 358 g/mol. The van der Waals surface area contributed by atoms with Crippen LogP contribution in [0.4, 0.5) is 0 Å². The number of nitrogens with zero attached hydrogens (tertiary/aromatic N) is 3. The van der Waals surface area contributed by atoms with Gasteiger partial charge in [0.25, 0.3) is 0 Å². The van der Waals surface area contributed by atoms with Crippen molar-refractivity contribution in [3.8, 4) is 0 Å². The number of hydrogen-bond acceptors (Lipinski definition) is 3. The van der Waals surface area contributed by atoms with Crippen molar-refractivity contribution in [2.75, 3.05) is 52.9 Å². The molecule has 27 heavy (non-hydrogen) atoms. The molecule has 0 amide bonds. The van der Waals surface area contributed by atoms with Gasteiger partial charge in [0.05, 0.1) is 6.54 Å². The minimum atomic E-state index is 0.484. The molecule has 2 N–H and O–H groups in total. The van der Waals surface area contributed by atoms with Gasteiger partial charge in [-0.15, -0.1) is 0 Å². The second-order valence-corrected chi connectivity index (χ2v) is 8.05. The first-order valence-corrected chi connectivity index (χ1v) is 10.6. The molecule has 6 heteroatoms. The molecular formula is C21H36ClN5. The predicted octanol–water partition coefficient (Wildman–Crippen LogP) is 2.71. The molecule has 1 unspecified atom stereocenters. The molecule has 1 aromatic rings. The summed E-state index contributed by atoms with van der Waals surface area (Å²) in [7, 11) is 2.20. The maximum Gasteiger partial charge on any atom is 0.191 e. The minimum Gasteiger partial charge on any atom is -0.357 e. The van der Waals surface area contributed by atoms with Gasteiger partial charge in [0.2, 0.25) is 0 Å². The summed E-state index contributed by atoms with van der Waals surface area (Å²) in [6, 6.07) is 8.51. The van der Waals surface area contributed by atoms with Crippen LogP contribution in [0.1, 0.15) is 26.3 Å². The van der Waals surface area contributed by atoms with Crippen LogP contribution >= 0.6 is 11.6 Å². The Bertz CT molecular complexity index is 582. The van der Waals surface area contributed by atoms with Crippen molar-refractivity contribution in [1.29, 1.82) is 0 Å². The van der Waals surface area contributed by atoms with Crippen LogP contribution in [0.3, 0.4) is 0 Å². The van der Waals surface area contributed by atoms with Gasteiger partial charge >= 0.3 is 0 Å². The van der Waals surface area contributed by atoms with E-state index in [1.807, 2.05) is 18.2 Å². The number of benzene rings is 1. The van der Waals surface area contributed by atoms with Crippen LogP contribution in [0, 0.1) is 5.92 Å². The van der Waals surface area contributed by atoms with Crippen molar-refractivity contribution in [2.24, 2.45) is 10.9 Å². The third kappa shape index (κ3) is 7.32. The summed E-state index contributed by atoms with van der Waals surface area (Å²) in [5.41, 5.74) is 1.17. The van der Waals surface area contributed by atoms with Crippen LogP contribution in [0.5, 0.6) is 0 Å². The Labute approximate surface area is 170 Å². The SMILES string of the molecule is CCNC(=NCC(C(C)C)N1CCN(C)CC1)NCCc1ccccc1Cl. The van der Waals surface area contributed by atoms with E-state index in [4.69, 9.17) is 16.6 Å². The maximum absolute atomic E-state index is 6.25. The van der Waals surface area contributed by atoms with Crippen LogP contribution in [0.25, 0.3) is 0 Å². The highest BCUT2D eigenvalue weighted by Gasteiger charge is 2.24. The van der Waals surface area contributed by atoms with Gasteiger partial charge in [-0.1, -0.05) is 43.6 Å². The molecule has 2 rings (SSSR count). The predicted molar refractivity (Wildman–Crippen MR) is 117 cm³/mol. The quantitative estimate of drug-likeness (QED) is 0.526. The highest BCUT2D eigenvalue weighted by atomic mass is 35.5. The Morgan fingerprint density at radius 3 is 2.48 bits per heavy atom. The minimum absolute atomic E-state index is 0.484. The van der Waals surface area contributed by atoms with E-state index < -0.39 is 0 Å². The van der Waals surface area contributed by atoms with Gasteiger partial charge in [-0.05, 0) is 37.9 Å². The van der Waals surface area contributed by atoms with Gasteiger partial charge in [0, 0.05) is 50.3 Å². The average molecular weight is 394 g/mol. The van der Waals surface area contributed by atoms with Gasteiger partial charge < -0.3 is 15.5 Å². The van der Waals surface area contributed by atoms with Crippen molar-refractivity contribution in [2.45, 2.75) is 33.2 Å². The molecule has 1 aliphatic rings. The van der Waals surface area contributed by atoms with Crippen molar-refractivity contribution in [3.63, 3.8) is 0 Å². The van der Waals surface area contributed by atoms with E-state index >= 15 is 0 Å². The summed E-state index contributed by atoms with van der Waals surface area (Å²) < 4.78 is 0. The average Bonchev–Trinajstić information content (AvgIpc) is 2.64. The molecule has 0 bridgehead atoms. The van der Waals surface area contributed by atoms with Gasteiger partial charge in [-0.3, -0.25) is 9.89 Å². The van der Waals surface area contributed by atoms with Gasteiger partial charge in [-0.2, -0.15) is 0 Å². The molecule has 0 spiro atoms. The van der Waals surface area contributed by atoms with Gasteiger partial charge in [0.1, 0.15) is 0 Å². The molecule has 1 saturated heterocycles. The summed E-state index contributed by atoms with van der Waals surface area (Å²) >= 11 is 6.25. The molecule has 0 radical (unpaired) electrons. The van der Waals surface area contributed by atoms with E-state index in [9.17, 15) is 0 Å². The zero-order valence-electron chi connectivity index (χ0n) is 17.3. The van der Waals surface area contributed by atoms with E-state index in [-0.39, 0.29) is 0 Å². The van der Waals surface area contributed by atoms with Crippen molar-refractivity contribution < 1.29 is 0 Å². The number of likely N-dealkylation sites (N-methyl/N-ethyl adjacent to an activating group) is 1. The summed E-state index contributed by atoms with van der Waals surface area (Å²) in [6.07, 6.45) is 0.885. The molecule has 1 heterocycles. The molecule has 1 fully saturated rings. The lowest BCUT2D eigenvalue weighted by molar-refractivity contribution is 0.0925. The van der Waals surface area contributed by atoms with Crippen LogP contribution < -0.4 is 10.6 Å². The van der Waals surface area contributed by atoms with Crippen molar-refractivity contribution in [1.82, 2.24) is 20.4 Å². The fraction of sp³-hybridized carbons (Fsp3) is 0.667. The highest BCUT2D eigenvalue weighted by Crippen LogP contribution is 2.15. The fourth-order valence-corrected chi connectivity index (χ4v) is 3.67. The van der Waals surface area contributed by atoms with E-state index in [0.29, 0.717) is 12.0 Å². The smallest absolute Gasteiger partial charge is 0.191 e. The first-order valence-electron chi connectivity index (χ1n) is 10.2. The summed E-state index contributed by atoms with van der Waals surface area (Å²) in [4.78, 5) is 9.89. The van der Waals surface area contributed by atoms with Crippen LogP contribution in [-0.4, -0.2) is 74.7 Å². The second-order valence-electron chi connectivity index (χ2n) is 7.64. The lowest BCUT2D eigenvalue weighted by atomic mass is 10.0. The number of hydrogen-bond donors (Lipinski definition) is 2. The molecule has 1 atom stereocenters. The third-order valence-electron chi connectivity index (χ3n) is 5.20. The first-order chi connectivity index (χ1) is 13.0. The highest BCUT2D eigenvalue weighted by molar-refractivity contribution is 6.31. The van der Waals surface area contributed by atoms with E-state index in [2.05, 4.69) is 54.3 Å². The number of guanidine groups is 1. The Hall–Kier alpha value is -1.30. The first kappa shape index (κ1) is 22.0. The standard InChI is InChI=1S/C21H36ClN5/c1-5-23-21(24-11-10-18-8-6-7-9-19(18)22)25-16-20(17(2)3)27-14-12-26(4)13-15-27/h6-9,17,20H,5,10-16H2,1-4H3,(H2,23,24,25). The third-order valence-corrected chi connectivity index (χ3v) is 5.57. The molecule has 1 aromatic carbocycles. The fourth-order valence-electron chi connectivity index (χ4n) is 3.44. The summed E-state index contributed by atoms with van der Waals surface area (Å²) in [5.74, 6) is 1.48. The molecule has 0 aliphatic carbocycles. The van der Waals surface area contributed by atoms with E-state index in [1.165, 1.54) is 5.56 Å². The second kappa shape index (κ2) is 11.5. The molecule has 1 aliphatic heterocycles. The number of aliphatic imine (C=N–C) groups is 1. The van der Waals surface area contributed by atoms with Gasteiger partial charge in [-0.25, -0.2) is 0 Å². The van der Waals surface area contributed by atoms with E-state index in [0.717, 1.165) is 63.2 Å². The number of halogens is 1. The molecule has 5 nitrogen and oxygen atoms in total. The molecule has 0 saturated carbocycles. The number of rotatable bonds is 8. The number of piperazine rings is 1. The lowest BCUT2D eigenvalue weighted by Gasteiger charge is -2.39. The zero-order chi connectivity index (χ0) is 19.6. The maximum atomic E-state index is 6.25. The Balaban J connectivity index is 1.90. The topological polar surface area (TPSA) is 42.9 Å². The van der Waals surface area contributed by atoms with Crippen LogP contribution in [0.15, 0.2) is 29.3 Å². The Morgan fingerprint density at radius 1 is 1.15 bits per heavy atom. The normalized spacial score (nSPS) is 17.9. The monoisotopic (exact) mass is 393 g/mol. The number of nitrogens with one attached hydrogen (secondary N) is 2. The largest absolute Gasteiger partial charge is 0.357 e.